The van der Waals surface area contributed by atoms with Crippen LogP contribution in [0.5, 0.6) is 0 Å². The molecule has 0 saturated carbocycles. The van der Waals surface area contributed by atoms with Crippen molar-refractivity contribution in [3.05, 3.63) is 38.9 Å². The van der Waals surface area contributed by atoms with Crippen LogP contribution in [-0.2, 0) is 6.54 Å². The first-order valence-electron chi connectivity index (χ1n) is 6.88. The van der Waals surface area contributed by atoms with Gasteiger partial charge in [-0.1, -0.05) is 24.6 Å². The van der Waals surface area contributed by atoms with Crippen molar-refractivity contribution in [1.82, 2.24) is 4.90 Å². The lowest BCUT2D eigenvalue weighted by Crippen LogP contribution is -2.45. The van der Waals surface area contributed by atoms with Crippen LogP contribution in [0.1, 0.15) is 25.3 Å². The first kappa shape index (κ1) is 15.2. The van der Waals surface area contributed by atoms with Gasteiger partial charge in [0.15, 0.2) is 0 Å². The Labute approximate surface area is 123 Å². The van der Waals surface area contributed by atoms with E-state index >= 15 is 0 Å². The van der Waals surface area contributed by atoms with Crippen molar-refractivity contribution in [2.24, 2.45) is 11.7 Å². The molecule has 6 heteroatoms. The van der Waals surface area contributed by atoms with Crippen molar-refractivity contribution in [3.8, 4) is 0 Å². The molecule has 1 aromatic carbocycles. The van der Waals surface area contributed by atoms with E-state index in [2.05, 4.69) is 11.8 Å². The molecule has 1 saturated heterocycles. The Kier molecular flexibility index (Phi) is 4.96. The van der Waals surface area contributed by atoms with Gasteiger partial charge in [-0.3, -0.25) is 15.0 Å². The van der Waals surface area contributed by atoms with Crippen LogP contribution in [0.15, 0.2) is 18.2 Å². The summed E-state index contributed by atoms with van der Waals surface area (Å²) in [6.07, 6.45) is 2.23. The molecule has 1 aromatic rings. The minimum atomic E-state index is -0.440. The van der Waals surface area contributed by atoms with E-state index in [0.29, 0.717) is 25.0 Å². The number of likely N-dealkylation sites (tertiary alicyclic amines) is 1. The van der Waals surface area contributed by atoms with Gasteiger partial charge in [-0.15, -0.1) is 0 Å². The molecule has 2 N–H and O–H groups in total. The average molecular weight is 298 g/mol. The molecule has 110 valence electrons. The number of hydrogen-bond acceptors (Lipinski definition) is 4. The van der Waals surface area contributed by atoms with Gasteiger partial charge in [-0.25, -0.2) is 0 Å². The quantitative estimate of drug-likeness (QED) is 0.685. The van der Waals surface area contributed by atoms with E-state index in [-0.39, 0.29) is 10.7 Å². The largest absolute Gasteiger partial charge is 0.329 e. The van der Waals surface area contributed by atoms with E-state index in [0.717, 1.165) is 24.9 Å². The maximum atomic E-state index is 10.9. The lowest BCUT2D eigenvalue weighted by Gasteiger charge is -2.38. The van der Waals surface area contributed by atoms with Crippen LogP contribution in [0.3, 0.4) is 0 Å². The van der Waals surface area contributed by atoms with Gasteiger partial charge < -0.3 is 5.73 Å². The Bertz CT molecular complexity index is 495. The molecule has 1 heterocycles. The monoisotopic (exact) mass is 297 g/mol. The number of piperidine rings is 1. The van der Waals surface area contributed by atoms with Crippen LogP contribution in [0.2, 0.25) is 5.02 Å². The third kappa shape index (κ3) is 3.48. The number of nitrogens with zero attached hydrogens (tertiary/aromatic N) is 2. The fourth-order valence-corrected chi connectivity index (χ4v) is 2.97. The van der Waals surface area contributed by atoms with Crippen LogP contribution in [0.25, 0.3) is 0 Å². The molecule has 1 aliphatic heterocycles. The number of rotatable bonds is 4. The second-order valence-electron chi connectivity index (χ2n) is 5.53. The van der Waals surface area contributed by atoms with Crippen molar-refractivity contribution in [2.45, 2.75) is 32.4 Å². The third-order valence-electron chi connectivity index (χ3n) is 3.96. The van der Waals surface area contributed by atoms with Gasteiger partial charge in [-0.2, -0.15) is 0 Å². The molecule has 0 radical (unpaired) electrons. The van der Waals surface area contributed by atoms with E-state index in [9.17, 15) is 10.1 Å². The molecule has 1 aliphatic rings. The summed E-state index contributed by atoms with van der Waals surface area (Å²) < 4.78 is 0. The van der Waals surface area contributed by atoms with Gasteiger partial charge in [0.25, 0.3) is 5.69 Å². The van der Waals surface area contributed by atoms with E-state index in [1.165, 1.54) is 0 Å². The SMILES string of the molecule is CC1CCN(Cc2ccc(Cl)c([N+](=O)[O-])c2)C(CN)C1. The number of nitrogens with two attached hydrogens (primary N) is 1. The summed E-state index contributed by atoms with van der Waals surface area (Å²) in [5.74, 6) is 0.694. The smallest absolute Gasteiger partial charge is 0.288 e. The Morgan fingerprint density at radius 2 is 2.30 bits per heavy atom. The molecule has 0 amide bonds. The van der Waals surface area contributed by atoms with E-state index < -0.39 is 4.92 Å². The number of benzene rings is 1. The van der Waals surface area contributed by atoms with E-state index in [1.807, 2.05) is 6.07 Å². The zero-order valence-electron chi connectivity index (χ0n) is 11.6. The maximum absolute atomic E-state index is 10.9. The average Bonchev–Trinajstić information content (AvgIpc) is 2.42. The molecule has 2 rings (SSSR count). The van der Waals surface area contributed by atoms with Crippen molar-refractivity contribution >= 4 is 17.3 Å². The molecule has 0 bridgehead atoms. The molecule has 0 aliphatic carbocycles. The van der Waals surface area contributed by atoms with Crippen LogP contribution < -0.4 is 5.73 Å². The Morgan fingerprint density at radius 3 is 2.95 bits per heavy atom. The van der Waals surface area contributed by atoms with Gasteiger partial charge in [0.1, 0.15) is 5.02 Å². The molecule has 2 atom stereocenters. The highest BCUT2D eigenvalue weighted by atomic mass is 35.5. The highest BCUT2D eigenvalue weighted by Gasteiger charge is 2.25. The molecular weight excluding hydrogens is 278 g/mol. The lowest BCUT2D eigenvalue weighted by atomic mass is 9.92. The Morgan fingerprint density at radius 1 is 1.55 bits per heavy atom. The van der Waals surface area contributed by atoms with E-state index in [1.54, 1.807) is 12.1 Å². The molecule has 20 heavy (non-hydrogen) atoms. The minimum absolute atomic E-state index is 0.0288. The Hall–Kier alpha value is -1.17. The van der Waals surface area contributed by atoms with Gasteiger partial charge in [0.05, 0.1) is 4.92 Å². The number of nitro groups is 1. The zero-order chi connectivity index (χ0) is 14.7. The fourth-order valence-electron chi connectivity index (χ4n) is 2.78. The summed E-state index contributed by atoms with van der Waals surface area (Å²) in [6, 6.07) is 5.36. The van der Waals surface area contributed by atoms with Crippen LogP contribution >= 0.6 is 11.6 Å². The van der Waals surface area contributed by atoms with Gasteiger partial charge in [-0.05, 0) is 36.9 Å². The van der Waals surface area contributed by atoms with Gasteiger partial charge in [0.2, 0.25) is 0 Å². The molecule has 0 spiro atoms. The predicted molar refractivity (Wildman–Crippen MR) is 79.8 cm³/mol. The topological polar surface area (TPSA) is 72.4 Å². The second-order valence-corrected chi connectivity index (χ2v) is 5.94. The number of halogens is 1. The summed E-state index contributed by atoms with van der Waals surface area (Å²) in [4.78, 5) is 12.8. The van der Waals surface area contributed by atoms with Gasteiger partial charge in [0, 0.05) is 25.2 Å². The summed E-state index contributed by atoms with van der Waals surface area (Å²) >= 11 is 5.83. The van der Waals surface area contributed by atoms with Crippen LogP contribution in [-0.4, -0.2) is 29.0 Å². The second kappa shape index (κ2) is 6.52. The zero-order valence-corrected chi connectivity index (χ0v) is 12.3. The molecule has 0 aromatic heterocycles. The van der Waals surface area contributed by atoms with E-state index in [4.69, 9.17) is 17.3 Å². The molecular formula is C14H20ClN3O2. The van der Waals surface area contributed by atoms with Crippen molar-refractivity contribution in [1.29, 1.82) is 0 Å². The summed E-state index contributed by atoms with van der Waals surface area (Å²) in [6.45, 7) is 4.54. The standard InChI is InChI=1S/C14H20ClN3O2/c1-10-4-5-17(12(6-10)8-16)9-11-2-3-13(15)14(7-11)18(19)20/h2-3,7,10,12H,4-6,8-9,16H2,1H3. The summed E-state index contributed by atoms with van der Waals surface area (Å²) in [7, 11) is 0. The van der Waals surface area contributed by atoms with Crippen molar-refractivity contribution in [2.75, 3.05) is 13.1 Å². The van der Waals surface area contributed by atoms with Crippen LogP contribution in [0.4, 0.5) is 5.69 Å². The van der Waals surface area contributed by atoms with Crippen molar-refractivity contribution < 1.29 is 4.92 Å². The lowest BCUT2D eigenvalue weighted by molar-refractivity contribution is -0.384. The minimum Gasteiger partial charge on any atom is -0.329 e. The van der Waals surface area contributed by atoms with Crippen molar-refractivity contribution in [3.63, 3.8) is 0 Å². The number of hydrogen-bond donors (Lipinski definition) is 1. The molecule has 1 fully saturated rings. The summed E-state index contributed by atoms with van der Waals surface area (Å²) in [5, 5.41) is 11.1. The fraction of sp³-hybridized carbons (Fsp3) is 0.571. The molecule has 5 nitrogen and oxygen atoms in total. The first-order valence-corrected chi connectivity index (χ1v) is 7.26. The maximum Gasteiger partial charge on any atom is 0.288 e. The third-order valence-corrected chi connectivity index (χ3v) is 4.28. The highest BCUT2D eigenvalue weighted by molar-refractivity contribution is 6.32. The van der Waals surface area contributed by atoms with Crippen LogP contribution in [0, 0.1) is 16.0 Å². The molecule has 2 unspecified atom stereocenters. The normalized spacial score (nSPS) is 23.8. The Balaban J connectivity index is 2.13. The first-order chi connectivity index (χ1) is 9.51. The highest BCUT2D eigenvalue weighted by Crippen LogP contribution is 2.28. The summed E-state index contributed by atoms with van der Waals surface area (Å²) in [5.41, 5.74) is 6.72. The number of nitro benzene ring substituents is 1. The van der Waals surface area contributed by atoms with Gasteiger partial charge >= 0.3 is 0 Å². The predicted octanol–water partition coefficient (Wildman–Crippen LogP) is 2.81.